The number of unbranched alkanes of at least 4 members (excludes halogenated alkanes) is 1. The zero-order valence-electron chi connectivity index (χ0n) is 39.6. The average Bonchev–Trinajstić information content (AvgIpc) is 4.03. The van der Waals surface area contributed by atoms with Gasteiger partial charge in [-0.05, 0) is 75.1 Å². The number of imide groups is 1. The number of rotatable bonds is 24. The Kier molecular flexibility index (Phi) is 21.0. The number of hydrogen-bond acceptors (Lipinski definition) is 13. The second-order valence-corrected chi connectivity index (χ2v) is 19.5. The molecule has 0 spiro atoms. The second-order valence-electron chi connectivity index (χ2n) is 17.9. The van der Waals surface area contributed by atoms with Crippen LogP contribution < -0.4 is 42.5 Å². The molecule has 0 unspecified atom stereocenters. The molecule has 6 rings (SSSR count). The van der Waals surface area contributed by atoms with Gasteiger partial charge >= 0.3 is 17.8 Å². The Morgan fingerprint density at radius 1 is 0.629 bits per heavy atom. The van der Waals surface area contributed by atoms with E-state index < -0.39 is 23.6 Å². The van der Waals surface area contributed by atoms with Crippen molar-refractivity contribution in [3.05, 3.63) is 42.0 Å². The van der Waals surface area contributed by atoms with Gasteiger partial charge in [0.15, 0.2) is 5.11 Å². The summed E-state index contributed by atoms with van der Waals surface area (Å²) in [6.45, 7) is 7.38. The molecule has 24 heteroatoms. The number of thiocarbonyl (C=S) groups is 1. The minimum Gasteiger partial charge on any atom is -0.353 e. The number of benzene rings is 1. The van der Waals surface area contributed by atoms with E-state index in [1.807, 2.05) is 36.0 Å². The molecule has 5 aliphatic heterocycles. The minimum atomic E-state index is -0.685. The number of anilines is 1. The fourth-order valence-electron chi connectivity index (χ4n) is 8.75. The first-order valence-electron chi connectivity index (χ1n) is 24.3. The molecule has 0 radical (unpaired) electrons. The van der Waals surface area contributed by atoms with E-state index in [2.05, 4.69) is 52.3 Å². The van der Waals surface area contributed by atoms with Crippen LogP contribution >= 0.6 is 24.0 Å². The summed E-state index contributed by atoms with van der Waals surface area (Å²) in [4.78, 5) is 119. The van der Waals surface area contributed by atoms with Crippen LogP contribution in [0.15, 0.2) is 36.4 Å². The summed E-state index contributed by atoms with van der Waals surface area (Å²) >= 11 is 7.31. The third-order valence-corrected chi connectivity index (χ3v) is 14.6. The van der Waals surface area contributed by atoms with Crippen LogP contribution in [-0.2, 0) is 44.9 Å². The number of thioether (sulfide) groups is 1. The van der Waals surface area contributed by atoms with Gasteiger partial charge in [-0.15, -0.1) is 0 Å². The quantitative estimate of drug-likeness (QED) is 0.0192. The summed E-state index contributed by atoms with van der Waals surface area (Å²) < 4.78 is 0. The first-order chi connectivity index (χ1) is 33.8. The normalized spacial score (nSPS) is 20.1. The molecule has 1 aromatic rings. The van der Waals surface area contributed by atoms with Crippen LogP contribution in [0.3, 0.4) is 0 Å². The Morgan fingerprint density at radius 2 is 1.19 bits per heavy atom. The number of nitrogens with zero attached hydrogens (tertiary/aromatic N) is 5. The fourth-order valence-corrected chi connectivity index (χ4v) is 10.5. The second kappa shape index (κ2) is 27.5. The third kappa shape index (κ3) is 17.2. The number of piperazine rings is 2. The van der Waals surface area contributed by atoms with E-state index in [9.17, 15) is 43.2 Å². The third-order valence-electron chi connectivity index (χ3n) is 12.8. The smallest absolute Gasteiger partial charge is 0.315 e. The van der Waals surface area contributed by atoms with E-state index in [-0.39, 0.29) is 67.8 Å². The highest BCUT2D eigenvalue weighted by Crippen LogP contribution is 2.33. The van der Waals surface area contributed by atoms with Gasteiger partial charge in [-0.3, -0.25) is 53.1 Å². The van der Waals surface area contributed by atoms with Crippen LogP contribution in [0, 0.1) is 0 Å². The molecule has 3 atom stereocenters. The van der Waals surface area contributed by atoms with E-state index in [1.165, 1.54) is 12.2 Å². The van der Waals surface area contributed by atoms with Gasteiger partial charge in [-0.25, -0.2) is 4.79 Å². The van der Waals surface area contributed by atoms with Gasteiger partial charge in [0.2, 0.25) is 23.6 Å². The predicted molar refractivity (Wildman–Crippen MR) is 266 cm³/mol. The molecule has 22 nitrogen and oxygen atoms in total. The Hall–Kier alpha value is -5.85. The zero-order valence-corrected chi connectivity index (χ0v) is 41.2. The van der Waals surface area contributed by atoms with Crippen molar-refractivity contribution in [2.45, 2.75) is 75.2 Å². The van der Waals surface area contributed by atoms with Gasteiger partial charge in [0.05, 0.1) is 25.2 Å². The summed E-state index contributed by atoms with van der Waals surface area (Å²) in [5, 5.41) is 23.7. The van der Waals surface area contributed by atoms with Crippen LogP contribution in [-0.4, -0.2) is 204 Å². The predicted octanol–water partition coefficient (Wildman–Crippen LogP) is -1.56. The number of fused-ring (bicyclic) bond motifs is 1. The van der Waals surface area contributed by atoms with Gasteiger partial charge < -0.3 is 52.3 Å². The maximum Gasteiger partial charge on any atom is 0.315 e. The van der Waals surface area contributed by atoms with Crippen molar-refractivity contribution in [2.75, 3.05) is 109 Å². The molecular formula is C46H67N13O9S2. The van der Waals surface area contributed by atoms with Crippen LogP contribution in [0.4, 0.5) is 10.5 Å². The van der Waals surface area contributed by atoms with Crippen molar-refractivity contribution in [2.24, 2.45) is 0 Å². The Bertz CT molecular complexity index is 2060. The summed E-state index contributed by atoms with van der Waals surface area (Å²) in [6.07, 6.45) is 7.25. The largest absolute Gasteiger partial charge is 0.353 e. The lowest BCUT2D eigenvalue weighted by molar-refractivity contribution is -0.139. The van der Waals surface area contributed by atoms with Crippen molar-refractivity contribution in [1.82, 2.24) is 61.7 Å². The lowest BCUT2D eigenvalue weighted by Gasteiger charge is -2.34. The fraction of sp³-hybridized carbons (Fsp3) is 0.609. The number of nitrogens with one attached hydrogen (secondary N) is 8. The molecule has 0 saturated carbocycles. The van der Waals surface area contributed by atoms with Crippen molar-refractivity contribution in [1.29, 1.82) is 0 Å². The van der Waals surface area contributed by atoms with E-state index in [4.69, 9.17) is 12.2 Å². The Balaban J connectivity index is 0.714. The van der Waals surface area contributed by atoms with Crippen molar-refractivity contribution in [3.63, 3.8) is 0 Å². The van der Waals surface area contributed by atoms with Crippen LogP contribution in [0.1, 0.15) is 56.9 Å². The van der Waals surface area contributed by atoms with Crippen LogP contribution in [0.5, 0.6) is 0 Å². The molecule has 5 heterocycles. The SMILES string of the molecule is O=C(CCCN1C(=O)C=CC1=O)NCC(=O)N1CCN(CCCNC(=O)C(=O)NCCCN2CCN(C(=O)CNC(=S)Nc3ccc(CNC(=O)CCCC[C@@H]4SC[C@@H]5NC(=O)N[C@@H]54)cc3)CC2)CC1. The highest BCUT2D eigenvalue weighted by molar-refractivity contribution is 8.00. The Labute approximate surface area is 417 Å². The van der Waals surface area contributed by atoms with Crippen LogP contribution in [0.25, 0.3) is 0 Å². The molecule has 0 aliphatic carbocycles. The number of hydrogen-bond donors (Lipinski definition) is 8. The lowest BCUT2D eigenvalue weighted by Crippen LogP contribution is -2.51. The van der Waals surface area contributed by atoms with Gasteiger partial charge in [0, 0.05) is 120 Å². The lowest BCUT2D eigenvalue weighted by atomic mass is 10.0. The number of carbonyl (C=O) groups is 9. The molecule has 70 heavy (non-hydrogen) atoms. The van der Waals surface area contributed by atoms with Crippen molar-refractivity contribution < 1.29 is 43.2 Å². The zero-order chi connectivity index (χ0) is 49.8. The van der Waals surface area contributed by atoms with E-state index >= 15 is 0 Å². The summed E-state index contributed by atoms with van der Waals surface area (Å²) in [5.74, 6) is -1.78. The van der Waals surface area contributed by atoms with Crippen LogP contribution in [0.2, 0.25) is 0 Å². The average molecular weight is 1010 g/mol. The maximum absolute atomic E-state index is 12.9. The Morgan fingerprint density at radius 3 is 1.79 bits per heavy atom. The van der Waals surface area contributed by atoms with E-state index in [0.717, 1.165) is 41.2 Å². The molecule has 0 aromatic heterocycles. The molecule has 0 bridgehead atoms. The molecule has 1 aromatic carbocycles. The van der Waals surface area contributed by atoms with Gasteiger partial charge in [-0.1, -0.05) is 18.6 Å². The minimum absolute atomic E-state index is 0.00830. The van der Waals surface area contributed by atoms with Gasteiger partial charge in [-0.2, -0.15) is 11.8 Å². The first kappa shape index (κ1) is 53.5. The summed E-state index contributed by atoms with van der Waals surface area (Å²) in [5.41, 5.74) is 1.71. The first-order valence-corrected chi connectivity index (χ1v) is 25.7. The standard InChI is InChI=1S/C46H67N13O9S2/c60-36(7-2-1-6-35-42-34(31-70-35)53-45(68)54-42)49-28-32-9-11-33(12-10-32)52-46(69)51-30-41(65)58-26-22-56(23-27-58)18-5-16-48-44(67)43(66)47-15-4-17-55-20-24-57(25-21-55)40(64)29-50-37(61)8-3-19-59-38(62)13-14-39(59)63/h9-14,34-35,42H,1-8,15-31H2,(H,47,66)(H,48,67)(H,49,60)(H,50,61)(H2,51,52,69)(H2,53,54,68)/t34-,35-,42-/m0/s1. The van der Waals surface area contributed by atoms with Crippen molar-refractivity contribution in [3.8, 4) is 0 Å². The van der Waals surface area contributed by atoms with E-state index in [0.29, 0.717) is 121 Å². The molecular weight excluding hydrogens is 943 g/mol. The van der Waals surface area contributed by atoms with Gasteiger partial charge in [0.25, 0.3) is 11.8 Å². The topological polar surface area (TPSA) is 266 Å². The highest BCUT2D eigenvalue weighted by atomic mass is 32.2. The van der Waals surface area contributed by atoms with E-state index in [1.54, 1.807) is 9.80 Å². The molecule has 4 fully saturated rings. The summed E-state index contributed by atoms with van der Waals surface area (Å²) in [6, 6.07) is 7.87. The monoisotopic (exact) mass is 1010 g/mol. The number of urea groups is 1. The molecule has 5 aliphatic rings. The molecule has 382 valence electrons. The highest BCUT2D eigenvalue weighted by Gasteiger charge is 2.42. The van der Waals surface area contributed by atoms with Crippen molar-refractivity contribution >= 4 is 88.1 Å². The number of amides is 10. The van der Waals surface area contributed by atoms with Gasteiger partial charge in [0.1, 0.15) is 0 Å². The molecule has 8 N–H and O–H groups in total. The maximum atomic E-state index is 12.9. The summed E-state index contributed by atoms with van der Waals surface area (Å²) in [7, 11) is 0. The molecule has 10 amide bonds. The molecule has 4 saturated heterocycles. The number of carbonyl (C=O) groups excluding carboxylic acids is 9.